The minimum atomic E-state index is -4.67. The number of hydrogen-bond donors (Lipinski definition) is 4. The summed E-state index contributed by atoms with van der Waals surface area (Å²) in [5.41, 5.74) is 0.648. The molecule has 0 amide bonds. The zero-order chi connectivity index (χ0) is 31.6. The molecule has 238 valence electrons. The second kappa shape index (κ2) is 15.9. The highest BCUT2D eigenvalue weighted by Crippen LogP contribution is 2.45. The number of hydrogen-bond acceptors (Lipinski definition) is 7. The monoisotopic (exact) mass is 620 g/mol. The van der Waals surface area contributed by atoms with E-state index in [1.807, 2.05) is 33.2 Å². The van der Waals surface area contributed by atoms with Gasteiger partial charge in [0, 0.05) is 43.1 Å². The Morgan fingerprint density at radius 3 is 2.74 bits per heavy atom. The standard InChI is InChI=1S/C32H46NO9P/c1-5-6-11-23(2)28(34)17-16-26-27-20-25(41-31(27)21-29(26)35)13-8-10-15-32(36)40-19-18-33(3,4)22-24-12-7-9-14-30(24)42-43(37,38)39/h7,9,12-14,16-17,23,26-29,31,34-35H,8,10-11,15,18-22H2,1-4H3,(H-,37,38,39)/p+1/b17-16+,25-13-/t23?,26-,27-,28-,29-,31+/m1/s1. The molecular formula is C32H47NO9P+. The summed E-state index contributed by atoms with van der Waals surface area (Å²) in [6.45, 7) is 4.91. The Hall–Kier alpha value is -2.64. The molecule has 2 aliphatic rings. The zero-order valence-corrected chi connectivity index (χ0v) is 26.5. The highest BCUT2D eigenvalue weighted by atomic mass is 31.2. The molecule has 2 fully saturated rings. The van der Waals surface area contributed by atoms with Gasteiger partial charge in [-0.2, -0.15) is 0 Å². The SMILES string of the molecule is CC#CCC(C)[C@H](O)/C=C/[C@@H]1[C@H]2C/C(=C/CCCC(=O)OCC[N+](C)(C)Cc3ccccc3OP(=O)(O)O)O[C@H]2C[C@H]1O. The molecule has 1 unspecified atom stereocenters. The second-order valence-electron chi connectivity index (χ2n) is 12.2. The van der Waals surface area contributed by atoms with Gasteiger partial charge in [0.25, 0.3) is 0 Å². The third-order valence-electron chi connectivity index (χ3n) is 8.05. The first-order valence-corrected chi connectivity index (χ1v) is 16.4. The summed E-state index contributed by atoms with van der Waals surface area (Å²) in [5.74, 6) is 6.71. The van der Waals surface area contributed by atoms with Gasteiger partial charge >= 0.3 is 13.8 Å². The average molecular weight is 621 g/mol. The predicted molar refractivity (Wildman–Crippen MR) is 162 cm³/mol. The predicted octanol–water partition coefficient (Wildman–Crippen LogP) is 4.08. The van der Waals surface area contributed by atoms with Crippen LogP contribution in [0.5, 0.6) is 5.75 Å². The number of rotatable bonds is 15. The second-order valence-corrected chi connectivity index (χ2v) is 13.3. The van der Waals surface area contributed by atoms with E-state index in [1.165, 1.54) is 6.07 Å². The first-order valence-electron chi connectivity index (χ1n) is 14.9. The van der Waals surface area contributed by atoms with E-state index < -0.39 is 20.0 Å². The summed E-state index contributed by atoms with van der Waals surface area (Å²) in [5, 5.41) is 21.0. The molecule has 4 N–H and O–H groups in total. The van der Waals surface area contributed by atoms with E-state index in [4.69, 9.17) is 23.8 Å². The number of nitrogens with zero attached hydrogens (tertiary/aromatic N) is 1. The van der Waals surface area contributed by atoms with Gasteiger partial charge in [0.2, 0.25) is 0 Å². The van der Waals surface area contributed by atoms with E-state index in [0.29, 0.717) is 48.8 Å². The van der Waals surface area contributed by atoms with Gasteiger partial charge in [-0.15, -0.1) is 11.8 Å². The summed E-state index contributed by atoms with van der Waals surface area (Å²) in [6.07, 6.45) is 8.10. The molecule has 1 heterocycles. The summed E-state index contributed by atoms with van der Waals surface area (Å²) >= 11 is 0. The molecule has 1 aliphatic carbocycles. The van der Waals surface area contributed by atoms with E-state index in [-0.39, 0.29) is 48.6 Å². The maximum atomic E-state index is 12.3. The van der Waals surface area contributed by atoms with Crippen molar-refractivity contribution in [2.75, 3.05) is 27.2 Å². The minimum Gasteiger partial charge on any atom is -0.495 e. The number of esters is 1. The fraction of sp³-hybridized carbons (Fsp3) is 0.594. The van der Waals surface area contributed by atoms with E-state index in [1.54, 1.807) is 31.2 Å². The van der Waals surface area contributed by atoms with Gasteiger partial charge in [0.1, 0.15) is 31.5 Å². The summed E-state index contributed by atoms with van der Waals surface area (Å²) in [6, 6.07) is 6.69. The van der Waals surface area contributed by atoms with Crippen LogP contribution in [0.3, 0.4) is 0 Å². The van der Waals surface area contributed by atoms with Crippen molar-refractivity contribution in [3.63, 3.8) is 0 Å². The third-order valence-corrected chi connectivity index (χ3v) is 8.48. The Kier molecular flexibility index (Phi) is 12.9. The summed E-state index contributed by atoms with van der Waals surface area (Å²) < 4.78 is 28.1. The van der Waals surface area contributed by atoms with Gasteiger partial charge < -0.3 is 28.7 Å². The summed E-state index contributed by atoms with van der Waals surface area (Å²) in [7, 11) is -0.790. The number of ether oxygens (including phenoxy) is 2. The number of aliphatic hydroxyl groups is 2. The molecule has 3 rings (SSSR count). The number of phosphoric acid groups is 1. The normalized spacial score (nSPS) is 24.2. The molecule has 43 heavy (non-hydrogen) atoms. The van der Waals surface area contributed by atoms with Crippen LogP contribution in [0, 0.1) is 29.6 Å². The number of para-hydroxylation sites is 1. The van der Waals surface area contributed by atoms with Crippen LogP contribution in [0.25, 0.3) is 0 Å². The lowest BCUT2D eigenvalue weighted by Crippen LogP contribution is -2.41. The Morgan fingerprint density at radius 1 is 1.28 bits per heavy atom. The number of carbonyl (C=O) groups excluding carboxylic acids is 1. The van der Waals surface area contributed by atoms with Crippen LogP contribution < -0.4 is 4.52 Å². The van der Waals surface area contributed by atoms with E-state index in [9.17, 15) is 19.6 Å². The zero-order valence-electron chi connectivity index (χ0n) is 25.6. The van der Waals surface area contributed by atoms with Crippen molar-refractivity contribution < 1.29 is 47.8 Å². The lowest BCUT2D eigenvalue weighted by Gasteiger charge is -2.30. The molecule has 1 aliphatic heterocycles. The Bertz CT molecular complexity index is 1240. The molecule has 0 spiro atoms. The molecule has 6 atom stereocenters. The number of unbranched alkanes of at least 4 members (excludes halogenated alkanes) is 1. The molecule has 1 aromatic carbocycles. The van der Waals surface area contributed by atoms with Crippen LogP contribution in [0.2, 0.25) is 0 Å². The fourth-order valence-corrected chi connectivity index (χ4v) is 6.01. The first kappa shape index (κ1) is 34.8. The quantitative estimate of drug-likeness (QED) is 0.0570. The Labute approximate surface area is 255 Å². The van der Waals surface area contributed by atoms with Gasteiger partial charge in [-0.3, -0.25) is 14.6 Å². The fourth-order valence-electron chi connectivity index (χ4n) is 5.58. The highest BCUT2D eigenvalue weighted by Gasteiger charge is 2.47. The maximum absolute atomic E-state index is 12.3. The molecule has 11 heteroatoms. The molecular weight excluding hydrogens is 573 g/mol. The molecule has 0 aromatic heterocycles. The number of fused-ring (bicyclic) bond motifs is 1. The molecule has 0 radical (unpaired) electrons. The van der Waals surface area contributed by atoms with Gasteiger partial charge in [-0.1, -0.05) is 31.2 Å². The largest absolute Gasteiger partial charge is 0.524 e. The van der Waals surface area contributed by atoms with Crippen molar-refractivity contribution in [3.8, 4) is 17.6 Å². The van der Waals surface area contributed by atoms with Crippen LogP contribution in [0.1, 0.15) is 57.9 Å². The van der Waals surface area contributed by atoms with Crippen LogP contribution in [0.15, 0.2) is 48.3 Å². The highest BCUT2D eigenvalue weighted by molar-refractivity contribution is 7.46. The van der Waals surface area contributed by atoms with E-state index in [0.717, 1.165) is 12.2 Å². The van der Waals surface area contributed by atoms with E-state index >= 15 is 0 Å². The third kappa shape index (κ3) is 11.4. The molecule has 1 saturated carbocycles. The number of aliphatic hydroxyl groups excluding tert-OH is 2. The number of carbonyl (C=O) groups is 1. The number of allylic oxidation sites excluding steroid dienone is 2. The lowest BCUT2D eigenvalue weighted by atomic mass is 9.89. The number of phosphoric ester groups is 1. The number of likely N-dealkylation sites (N-methyl/N-ethyl adjacent to an activating group) is 1. The maximum Gasteiger partial charge on any atom is 0.524 e. The van der Waals surface area contributed by atoms with Crippen molar-refractivity contribution in [1.29, 1.82) is 0 Å². The average Bonchev–Trinajstić information content (AvgIpc) is 3.44. The van der Waals surface area contributed by atoms with Crippen molar-refractivity contribution in [2.45, 2.75) is 77.2 Å². The van der Waals surface area contributed by atoms with Crippen LogP contribution in [-0.4, -0.2) is 76.0 Å². The molecule has 1 saturated heterocycles. The first-order chi connectivity index (χ1) is 20.3. The van der Waals surface area contributed by atoms with Gasteiger partial charge in [-0.25, -0.2) is 4.57 Å². The van der Waals surface area contributed by atoms with Crippen molar-refractivity contribution in [2.24, 2.45) is 17.8 Å². The van der Waals surface area contributed by atoms with Crippen LogP contribution >= 0.6 is 7.82 Å². The molecule has 0 bridgehead atoms. The minimum absolute atomic E-state index is 0.0195. The van der Waals surface area contributed by atoms with Crippen molar-refractivity contribution >= 4 is 13.8 Å². The van der Waals surface area contributed by atoms with Crippen LogP contribution in [0.4, 0.5) is 0 Å². The molecule has 1 aromatic rings. The van der Waals surface area contributed by atoms with Gasteiger partial charge in [-0.05, 0) is 43.9 Å². The Morgan fingerprint density at radius 2 is 2.02 bits per heavy atom. The summed E-state index contributed by atoms with van der Waals surface area (Å²) in [4.78, 5) is 30.7. The van der Waals surface area contributed by atoms with Gasteiger partial charge in [0.15, 0.2) is 0 Å². The number of quaternary nitrogens is 1. The van der Waals surface area contributed by atoms with Crippen LogP contribution in [-0.2, 0) is 25.4 Å². The Balaban J connectivity index is 1.38. The van der Waals surface area contributed by atoms with E-state index in [2.05, 4.69) is 11.8 Å². The molecule has 10 nitrogen and oxygen atoms in total. The lowest BCUT2D eigenvalue weighted by molar-refractivity contribution is -0.903. The van der Waals surface area contributed by atoms with Crippen molar-refractivity contribution in [1.82, 2.24) is 0 Å². The van der Waals surface area contributed by atoms with Gasteiger partial charge in [0.05, 0.1) is 32.1 Å². The topological polar surface area (TPSA) is 143 Å². The van der Waals surface area contributed by atoms with Crippen molar-refractivity contribution in [3.05, 3.63) is 53.8 Å². The smallest absolute Gasteiger partial charge is 0.495 e. The number of benzene rings is 1.